The van der Waals surface area contributed by atoms with Gasteiger partial charge in [0.25, 0.3) is 0 Å². The molecule has 0 spiro atoms. The Morgan fingerprint density at radius 2 is 1.27 bits per heavy atom. The third kappa shape index (κ3) is 2.77. The maximum atomic E-state index is 2.42. The lowest BCUT2D eigenvalue weighted by Gasteiger charge is -2.15. The van der Waals surface area contributed by atoms with Crippen LogP contribution in [0.1, 0.15) is 39.3 Å². The number of rotatable bonds is 2. The Hall–Kier alpha value is -3.90. The van der Waals surface area contributed by atoms with Gasteiger partial charge in [0.05, 0.1) is 0 Å². The number of aryl methyl sites for hydroxylation is 1. The quantitative estimate of drug-likeness (QED) is 0.263. The Kier molecular flexibility index (Phi) is 3.98. The molecule has 0 amide bonds. The van der Waals surface area contributed by atoms with E-state index in [0.29, 0.717) is 5.92 Å². The summed E-state index contributed by atoms with van der Waals surface area (Å²) in [6.07, 6.45) is 1.03. The number of fused-ring (bicyclic) bond motifs is 6. The van der Waals surface area contributed by atoms with Crippen molar-refractivity contribution in [2.24, 2.45) is 0 Å². The molecule has 0 bridgehead atoms. The van der Waals surface area contributed by atoms with Crippen LogP contribution in [0.4, 0.5) is 0 Å². The summed E-state index contributed by atoms with van der Waals surface area (Å²) in [5, 5.41) is 0. The zero-order valence-corrected chi connectivity index (χ0v) is 18.7. The van der Waals surface area contributed by atoms with Gasteiger partial charge in [0, 0.05) is 5.92 Å². The summed E-state index contributed by atoms with van der Waals surface area (Å²) in [6, 6.07) is 40.6. The Balaban J connectivity index is 1.37. The summed E-state index contributed by atoms with van der Waals surface area (Å²) in [6.45, 7) is 2.26. The molecule has 0 saturated heterocycles. The van der Waals surface area contributed by atoms with Crippen molar-refractivity contribution in [3.05, 3.63) is 143 Å². The van der Waals surface area contributed by atoms with Crippen molar-refractivity contribution in [3.63, 3.8) is 0 Å². The fraction of sp³-hybridized carbons (Fsp3) is 0.0909. The predicted octanol–water partition coefficient (Wildman–Crippen LogP) is 8.39. The molecule has 0 fully saturated rings. The van der Waals surface area contributed by atoms with Crippen LogP contribution in [-0.2, 0) is 6.42 Å². The molecular weight excluding hydrogens is 396 g/mol. The Morgan fingerprint density at radius 3 is 2.15 bits per heavy atom. The van der Waals surface area contributed by atoms with Gasteiger partial charge in [-0.15, -0.1) is 0 Å². The molecule has 5 aromatic rings. The molecule has 33 heavy (non-hydrogen) atoms. The minimum atomic E-state index is 0.308. The predicted molar refractivity (Wildman–Crippen MR) is 138 cm³/mol. The summed E-state index contributed by atoms with van der Waals surface area (Å²) in [7, 11) is 0. The third-order valence-corrected chi connectivity index (χ3v) is 7.48. The second-order valence-corrected chi connectivity index (χ2v) is 9.39. The highest BCUT2D eigenvalue weighted by Crippen LogP contribution is 2.49. The third-order valence-electron chi connectivity index (χ3n) is 7.48. The zero-order valence-electron chi connectivity index (χ0n) is 18.7. The average molecular weight is 421 g/mol. The lowest BCUT2D eigenvalue weighted by Crippen LogP contribution is -1.98. The standard InChI is InChI=1S/C33H24/c1-21-17-25(19-26-18-24-11-5-6-12-27(24)32(21)26)23-15-16-30-31(20-23)28-13-7-8-14-29(28)33(30)22-9-3-2-4-10-22/h2-17,19-20,33H,18H2,1H3. The molecule has 0 heterocycles. The van der Waals surface area contributed by atoms with Crippen LogP contribution in [0.25, 0.3) is 33.4 Å². The molecular formula is C33H24. The molecule has 1 unspecified atom stereocenters. The largest absolute Gasteiger partial charge is 0.0622 e. The van der Waals surface area contributed by atoms with Gasteiger partial charge in [-0.1, -0.05) is 103 Å². The monoisotopic (exact) mass is 420 g/mol. The van der Waals surface area contributed by atoms with Crippen LogP contribution in [0.15, 0.2) is 109 Å². The zero-order chi connectivity index (χ0) is 21.9. The van der Waals surface area contributed by atoms with Crippen molar-refractivity contribution in [2.75, 3.05) is 0 Å². The molecule has 0 aliphatic heterocycles. The summed E-state index contributed by atoms with van der Waals surface area (Å²) >= 11 is 0. The molecule has 0 N–H and O–H groups in total. The van der Waals surface area contributed by atoms with Gasteiger partial charge >= 0.3 is 0 Å². The van der Waals surface area contributed by atoms with E-state index in [1.54, 1.807) is 0 Å². The van der Waals surface area contributed by atoms with Crippen molar-refractivity contribution in [2.45, 2.75) is 19.3 Å². The smallest absolute Gasteiger partial charge is 0.0352 e. The van der Waals surface area contributed by atoms with Crippen LogP contribution in [0.2, 0.25) is 0 Å². The van der Waals surface area contributed by atoms with Crippen LogP contribution >= 0.6 is 0 Å². The van der Waals surface area contributed by atoms with E-state index in [1.807, 2.05) is 0 Å². The van der Waals surface area contributed by atoms with E-state index in [2.05, 4.69) is 116 Å². The highest BCUT2D eigenvalue weighted by atomic mass is 14.3. The fourth-order valence-electron chi connectivity index (χ4n) is 6.06. The Morgan fingerprint density at radius 1 is 0.545 bits per heavy atom. The number of hydrogen-bond acceptors (Lipinski definition) is 0. The Bertz CT molecular complexity index is 1540. The second kappa shape index (κ2) is 7.05. The van der Waals surface area contributed by atoms with E-state index in [4.69, 9.17) is 0 Å². The molecule has 0 saturated carbocycles. The lowest BCUT2D eigenvalue weighted by atomic mass is 9.88. The topological polar surface area (TPSA) is 0 Å². The van der Waals surface area contributed by atoms with E-state index in [0.717, 1.165) is 6.42 Å². The first-order valence-corrected chi connectivity index (χ1v) is 11.8. The van der Waals surface area contributed by atoms with E-state index >= 15 is 0 Å². The van der Waals surface area contributed by atoms with Crippen LogP contribution in [-0.4, -0.2) is 0 Å². The molecule has 0 heteroatoms. The molecule has 7 rings (SSSR count). The molecule has 2 aliphatic rings. The summed E-state index contributed by atoms with van der Waals surface area (Å²) in [5.74, 6) is 0.308. The van der Waals surface area contributed by atoms with Crippen molar-refractivity contribution in [1.82, 2.24) is 0 Å². The normalized spacial score (nSPS) is 15.0. The van der Waals surface area contributed by atoms with Crippen molar-refractivity contribution in [1.29, 1.82) is 0 Å². The van der Waals surface area contributed by atoms with Gasteiger partial charge in [0.2, 0.25) is 0 Å². The van der Waals surface area contributed by atoms with Crippen molar-refractivity contribution < 1.29 is 0 Å². The van der Waals surface area contributed by atoms with Gasteiger partial charge in [0.15, 0.2) is 0 Å². The molecule has 2 aliphatic carbocycles. The molecule has 5 aromatic carbocycles. The molecule has 0 nitrogen and oxygen atoms in total. The van der Waals surface area contributed by atoms with Gasteiger partial charge in [-0.3, -0.25) is 0 Å². The maximum Gasteiger partial charge on any atom is 0.0352 e. The van der Waals surface area contributed by atoms with Gasteiger partial charge in [-0.05, 0) is 86.2 Å². The molecule has 1 atom stereocenters. The van der Waals surface area contributed by atoms with Crippen LogP contribution < -0.4 is 0 Å². The van der Waals surface area contributed by atoms with Gasteiger partial charge in [-0.2, -0.15) is 0 Å². The van der Waals surface area contributed by atoms with Gasteiger partial charge < -0.3 is 0 Å². The Labute approximate surface area is 195 Å². The molecule has 0 radical (unpaired) electrons. The first kappa shape index (κ1) is 18.7. The first-order chi connectivity index (χ1) is 16.3. The van der Waals surface area contributed by atoms with Gasteiger partial charge in [0.1, 0.15) is 0 Å². The summed E-state index contributed by atoms with van der Waals surface area (Å²) < 4.78 is 0. The lowest BCUT2D eigenvalue weighted by molar-refractivity contribution is 1.02. The molecule has 156 valence electrons. The number of hydrogen-bond donors (Lipinski definition) is 0. The average Bonchev–Trinajstić information content (AvgIpc) is 3.40. The van der Waals surface area contributed by atoms with Crippen LogP contribution in [0, 0.1) is 6.92 Å². The summed E-state index contributed by atoms with van der Waals surface area (Å²) in [5.41, 5.74) is 16.7. The highest BCUT2D eigenvalue weighted by molar-refractivity contribution is 5.87. The number of benzene rings is 5. The maximum absolute atomic E-state index is 2.42. The van der Waals surface area contributed by atoms with Crippen LogP contribution in [0.5, 0.6) is 0 Å². The van der Waals surface area contributed by atoms with E-state index in [-0.39, 0.29) is 0 Å². The first-order valence-electron chi connectivity index (χ1n) is 11.8. The molecule has 0 aromatic heterocycles. The van der Waals surface area contributed by atoms with E-state index < -0.39 is 0 Å². The minimum Gasteiger partial charge on any atom is -0.0622 e. The summed E-state index contributed by atoms with van der Waals surface area (Å²) in [4.78, 5) is 0. The minimum absolute atomic E-state index is 0.308. The van der Waals surface area contributed by atoms with Crippen molar-refractivity contribution >= 4 is 0 Å². The van der Waals surface area contributed by atoms with Crippen LogP contribution in [0.3, 0.4) is 0 Å². The fourth-order valence-corrected chi connectivity index (χ4v) is 6.06. The highest BCUT2D eigenvalue weighted by Gasteiger charge is 2.30. The second-order valence-electron chi connectivity index (χ2n) is 9.39. The van der Waals surface area contributed by atoms with E-state index in [1.165, 1.54) is 66.8 Å². The SMILES string of the molecule is Cc1cc(-c2ccc3c(c2)-c2ccccc2C3c2ccccc2)cc2c1-c1ccccc1C2. The van der Waals surface area contributed by atoms with E-state index in [9.17, 15) is 0 Å². The van der Waals surface area contributed by atoms with Gasteiger partial charge in [-0.25, -0.2) is 0 Å². The van der Waals surface area contributed by atoms with Crippen molar-refractivity contribution in [3.8, 4) is 33.4 Å².